The maximum atomic E-state index is 10.9. The maximum absolute atomic E-state index is 10.9. The van der Waals surface area contributed by atoms with E-state index in [4.69, 9.17) is 27.0 Å². The van der Waals surface area contributed by atoms with Crippen LogP contribution in [0.4, 0.5) is 0 Å². The van der Waals surface area contributed by atoms with E-state index in [0.29, 0.717) is 0 Å². The molecular weight excluding hydrogens is 582 g/mol. The zero-order valence-corrected chi connectivity index (χ0v) is 24.9. The van der Waals surface area contributed by atoms with Crippen molar-refractivity contribution < 1.29 is 31.1 Å². The number of aromatic hydroxyl groups is 2. The second-order valence-corrected chi connectivity index (χ2v) is 13.0. The molecule has 4 aromatic carbocycles. The number of phenols is 2. The topological polar surface area (TPSA) is 65.2 Å². The first-order valence-electron chi connectivity index (χ1n) is 12.4. The third kappa shape index (κ3) is 6.45. The zero-order chi connectivity index (χ0) is 26.4. The normalized spacial score (nSPS) is 18.4. The predicted octanol–water partition coefficient (Wildman–Crippen LogP) is 8.41. The van der Waals surface area contributed by atoms with Crippen LogP contribution >= 0.6 is 17.0 Å². The molecule has 37 heavy (non-hydrogen) atoms. The van der Waals surface area contributed by atoms with Gasteiger partial charge in [0.05, 0.1) is 12.1 Å². The van der Waals surface area contributed by atoms with E-state index in [1.807, 2.05) is 86.6 Å². The summed E-state index contributed by atoms with van der Waals surface area (Å²) in [5.74, 6) is 0.569. The Bertz CT molecular complexity index is 1350. The summed E-state index contributed by atoms with van der Waals surface area (Å²) in [4.78, 5) is 10.1. The Morgan fingerprint density at radius 3 is 1.46 bits per heavy atom. The summed E-state index contributed by atoms with van der Waals surface area (Å²) in [5.41, 5.74) is 3.22. The first-order valence-corrected chi connectivity index (χ1v) is 18.7. The van der Waals surface area contributed by atoms with Gasteiger partial charge >= 0.3 is 37.9 Å². The summed E-state index contributed by atoms with van der Waals surface area (Å²) < 4.78 is 0. The molecule has 7 heteroatoms. The minimum atomic E-state index is -0.826. The Labute approximate surface area is 236 Å². The molecule has 0 unspecified atom stereocenters. The summed E-state index contributed by atoms with van der Waals surface area (Å²) in [6.07, 6.45) is 4.18. The van der Waals surface area contributed by atoms with Crippen molar-refractivity contribution in [3.63, 3.8) is 0 Å². The SMILES string of the molecule is CC(=N[C@@H]1CCCC[C@H]1N=C(C)c1ccc2ccccc2c1O)c1ccc2ccccc2c1O.[Cl][Zr][Cl]. The van der Waals surface area contributed by atoms with Gasteiger partial charge in [-0.2, -0.15) is 0 Å². The van der Waals surface area contributed by atoms with Gasteiger partial charge in [0.2, 0.25) is 0 Å². The van der Waals surface area contributed by atoms with Crippen LogP contribution in [0.3, 0.4) is 0 Å². The summed E-state index contributed by atoms with van der Waals surface area (Å²) >= 11 is -0.826. The van der Waals surface area contributed by atoms with E-state index < -0.39 is 20.8 Å². The summed E-state index contributed by atoms with van der Waals surface area (Å²) in [7, 11) is 9.87. The van der Waals surface area contributed by atoms with Crippen LogP contribution in [0.2, 0.25) is 0 Å². The van der Waals surface area contributed by atoms with E-state index in [0.717, 1.165) is 69.8 Å². The Hall–Kier alpha value is -2.20. The van der Waals surface area contributed by atoms with Crippen LogP contribution in [0.5, 0.6) is 11.5 Å². The third-order valence-corrected chi connectivity index (χ3v) is 6.99. The molecule has 0 radical (unpaired) electrons. The molecule has 1 fully saturated rings. The number of fused-ring (bicyclic) bond motifs is 2. The molecule has 0 spiro atoms. The number of benzene rings is 4. The summed E-state index contributed by atoms with van der Waals surface area (Å²) in [5, 5.41) is 25.5. The van der Waals surface area contributed by atoms with Gasteiger partial charge in [0.15, 0.2) is 0 Å². The van der Waals surface area contributed by atoms with E-state index in [1.165, 1.54) is 0 Å². The summed E-state index contributed by atoms with van der Waals surface area (Å²) in [6, 6.07) is 23.8. The average molecular weight is 613 g/mol. The summed E-state index contributed by atoms with van der Waals surface area (Å²) in [6.45, 7) is 3.95. The molecule has 4 nitrogen and oxygen atoms in total. The standard InChI is InChI=1S/C30H30N2O2.2ClH.Zr/c1-19(23-17-15-21-9-3-5-11-25(21)29(23)33)31-27-13-7-8-14-28(27)32-20(2)24-18-16-22-10-4-6-12-26(22)30(24)34;;;/h3-6,9-12,15-18,27-28,33-34H,7-8,13-14H2,1-2H3;2*1H;/q;;;+2/p-2/t27-,28-;;;/m1.../s1. The van der Waals surface area contributed by atoms with Crippen molar-refractivity contribution in [3.05, 3.63) is 83.9 Å². The third-order valence-electron chi connectivity index (χ3n) is 6.99. The molecular formula is C30H30Cl2N2O2Zr. The molecule has 0 aromatic heterocycles. The second-order valence-electron chi connectivity index (χ2n) is 9.29. The fraction of sp³-hybridized carbons (Fsp3) is 0.267. The quantitative estimate of drug-likeness (QED) is 0.227. The van der Waals surface area contributed by atoms with Crippen LogP contribution in [0.25, 0.3) is 21.5 Å². The van der Waals surface area contributed by atoms with E-state index in [9.17, 15) is 10.2 Å². The van der Waals surface area contributed by atoms with Crippen molar-refractivity contribution in [2.75, 3.05) is 0 Å². The van der Waals surface area contributed by atoms with Gasteiger partial charge in [-0.25, -0.2) is 0 Å². The second kappa shape index (κ2) is 13.0. The zero-order valence-electron chi connectivity index (χ0n) is 21.0. The number of hydrogen-bond donors (Lipinski definition) is 2. The van der Waals surface area contributed by atoms with E-state index in [1.54, 1.807) is 0 Å². The van der Waals surface area contributed by atoms with Crippen molar-refractivity contribution >= 4 is 50.0 Å². The van der Waals surface area contributed by atoms with Crippen LogP contribution in [-0.2, 0) is 20.8 Å². The van der Waals surface area contributed by atoms with Crippen LogP contribution in [0.15, 0.2) is 82.8 Å². The fourth-order valence-corrected chi connectivity index (χ4v) is 5.12. The van der Waals surface area contributed by atoms with E-state index in [2.05, 4.69) is 0 Å². The molecule has 1 aliphatic carbocycles. The number of nitrogens with zero attached hydrogens (tertiary/aromatic N) is 2. The number of rotatable bonds is 4. The molecule has 2 N–H and O–H groups in total. The van der Waals surface area contributed by atoms with Gasteiger partial charge in [0.1, 0.15) is 11.5 Å². The van der Waals surface area contributed by atoms with Gasteiger partial charge in [0, 0.05) is 33.3 Å². The Morgan fingerprint density at radius 2 is 1.05 bits per heavy atom. The van der Waals surface area contributed by atoms with E-state index in [-0.39, 0.29) is 23.6 Å². The molecule has 0 aliphatic heterocycles. The van der Waals surface area contributed by atoms with Gasteiger partial charge in [0.25, 0.3) is 0 Å². The molecule has 0 heterocycles. The number of phenolic OH excluding ortho intramolecular Hbond substituents is 2. The average Bonchev–Trinajstić information content (AvgIpc) is 2.91. The van der Waals surface area contributed by atoms with Gasteiger partial charge in [-0.1, -0.05) is 73.5 Å². The van der Waals surface area contributed by atoms with E-state index >= 15 is 0 Å². The van der Waals surface area contributed by atoms with Crippen molar-refractivity contribution in [2.24, 2.45) is 9.98 Å². The van der Waals surface area contributed by atoms with Crippen LogP contribution in [-0.4, -0.2) is 33.7 Å². The van der Waals surface area contributed by atoms with Crippen molar-refractivity contribution in [2.45, 2.75) is 51.6 Å². The fourth-order valence-electron chi connectivity index (χ4n) is 5.12. The molecule has 190 valence electrons. The number of halogens is 2. The minimum absolute atomic E-state index is 0.0529. The molecule has 2 atom stereocenters. The Balaban J connectivity index is 0.00000102. The van der Waals surface area contributed by atoms with Crippen LogP contribution < -0.4 is 0 Å². The molecule has 0 saturated heterocycles. The number of aliphatic imine (C=N–C) groups is 2. The molecule has 0 amide bonds. The van der Waals surface area contributed by atoms with Crippen molar-refractivity contribution in [3.8, 4) is 11.5 Å². The van der Waals surface area contributed by atoms with Gasteiger partial charge in [-0.15, -0.1) is 0 Å². The monoisotopic (exact) mass is 610 g/mol. The molecule has 5 rings (SSSR count). The Morgan fingerprint density at radius 1 is 0.676 bits per heavy atom. The molecule has 4 aromatic rings. The van der Waals surface area contributed by atoms with Gasteiger partial charge < -0.3 is 10.2 Å². The predicted molar refractivity (Wildman–Crippen MR) is 153 cm³/mol. The van der Waals surface area contributed by atoms with Crippen molar-refractivity contribution in [1.29, 1.82) is 0 Å². The van der Waals surface area contributed by atoms with Crippen LogP contribution in [0, 0.1) is 0 Å². The molecule has 0 bridgehead atoms. The number of hydrogen-bond acceptors (Lipinski definition) is 4. The van der Waals surface area contributed by atoms with Crippen LogP contribution in [0.1, 0.15) is 50.7 Å². The van der Waals surface area contributed by atoms with Gasteiger partial charge in [-0.3, -0.25) is 9.98 Å². The van der Waals surface area contributed by atoms with Gasteiger partial charge in [-0.05, 0) is 49.6 Å². The van der Waals surface area contributed by atoms with Crippen molar-refractivity contribution in [1.82, 2.24) is 0 Å². The first kappa shape index (κ1) is 27.8. The Kier molecular flexibility index (Phi) is 9.81. The first-order chi connectivity index (χ1) is 17.9. The molecule has 1 aliphatic rings. The molecule has 1 saturated carbocycles.